The number of aromatic nitrogens is 2. The lowest BCUT2D eigenvalue weighted by Gasteiger charge is -2.01. The third kappa shape index (κ3) is 2.42. The van der Waals surface area contributed by atoms with Crippen LogP contribution in [0.15, 0.2) is 41.0 Å². The van der Waals surface area contributed by atoms with Crippen molar-refractivity contribution in [2.24, 2.45) is 0 Å². The van der Waals surface area contributed by atoms with Crippen LogP contribution in [-0.2, 0) is 6.42 Å². The summed E-state index contributed by atoms with van der Waals surface area (Å²) in [7, 11) is 0. The van der Waals surface area contributed by atoms with E-state index in [-0.39, 0.29) is 0 Å². The summed E-state index contributed by atoms with van der Waals surface area (Å²) in [5.74, 6) is 0.793. The maximum absolute atomic E-state index is 4.46. The van der Waals surface area contributed by atoms with E-state index in [4.69, 9.17) is 0 Å². The highest BCUT2D eigenvalue weighted by Crippen LogP contribution is 2.18. The Labute approximate surface area is 97.5 Å². The van der Waals surface area contributed by atoms with Crippen molar-refractivity contribution in [2.75, 3.05) is 0 Å². The van der Waals surface area contributed by atoms with Gasteiger partial charge in [-0.2, -0.15) is 0 Å². The van der Waals surface area contributed by atoms with Crippen LogP contribution in [0.3, 0.4) is 0 Å². The lowest BCUT2D eigenvalue weighted by atomic mass is 10.2. The molecular weight excluding hydrogens is 252 g/mol. The van der Waals surface area contributed by atoms with Crippen LogP contribution in [0.2, 0.25) is 0 Å². The van der Waals surface area contributed by atoms with Crippen LogP contribution >= 0.6 is 15.9 Å². The van der Waals surface area contributed by atoms with Crippen molar-refractivity contribution in [3.8, 4) is 11.4 Å². The molecule has 0 amide bonds. The molecule has 0 radical (unpaired) electrons. The van der Waals surface area contributed by atoms with E-state index in [2.05, 4.69) is 32.8 Å². The highest BCUT2D eigenvalue weighted by atomic mass is 79.9. The van der Waals surface area contributed by atoms with Crippen LogP contribution in [0.5, 0.6) is 0 Å². The smallest absolute Gasteiger partial charge is 0.159 e. The molecule has 2 rings (SSSR count). The van der Waals surface area contributed by atoms with Gasteiger partial charge in [-0.1, -0.05) is 35.0 Å². The number of hydrogen-bond donors (Lipinski definition) is 0. The Hall–Kier alpha value is -1.22. The summed E-state index contributed by atoms with van der Waals surface area (Å²) in [6, 6.07) is 9.97. The van der Waals surface area contributed by atoms with Crippen molar-refractivity contribution >= 4 is 15.9 Å². The molecule has 0 N–H and O–H groups in total. The highest BCUT2D eigenvalue weighted by molar-refractivity contribution is 9.10. The molecule has 0 atom stereocenters. The molecule has 0 saturated heterocycles. The SMILES string of the molecule is CCc1ccnc(-c2ccc(Br)cc2)n1. The summed E-state index contributed by atoms with van der Waals surface area (Å²) >= 11 is 3.41. The fourth-order valence-corrected chi connectivity index (χ4v) is 1.60. The van der Waals surface area contributed by atoms with Crippen molar-refractivity contribution < 1.29 is 0 Å². The number of rotatable bonds is 2. The number of benzene rings is 1. The van der Waals surface area contributed by atoms with E-state index >= 15 is 0 Å². The summed E-state index contributed by atoms with van der Waals surface area (Å²) in [5.41, 5.74) is 2.12. The zero-order valence-electron chi connectivity index (χ0n) is 8.44. The van der Waals surface area contributed by atoms with Gasteiger partial charge in [0, 0.05) is 21.9 Å². The quantitative estimate of drug-likeness (QED) is 0.829. The number of aryl methyl sites for hydroxylation is 1. The van der Waals surface area contributed by atoms with Crippen LogP contribution in [0.25, 0.3) is 11.4 Å². The fourth-order valence-electron chi connectivity index (χ4n) is 1.33. The molecule has 0 saturated carbocycles. The second kappa shape index (κ2) is 4.53. The summed E-state index contributed by atoms with van der Waals surface area (Å²) < 4.78 is 1.07. The summed E-state index contributed by atoms with van der Waals surface area (Å²) in [4.78, 5) is 8.73. The highest BCUT2D eigenvalue weighted by Gasteiger charge is 2.01. The van der Waals surface area contributed by atoms with Gasteiger partial charge in [0.1, 0.15) is 0 Å². The Bertz CT molecular complexity index is 451. The third-order valence-corrected chi connectivity index (χ3v) is 2.71. The molecule has 0 unspecified atom stereocenters. The largest absolute Gasteiger partial charge is 0.237 e. The van der Waals surface area contributed by atoms with Crippen LogP contribution in [0.1, 0.15) is 12.6 Å². The first kappa shape index (κ1) is 10.3. The molecule has 0 spiro atoms. The van der Waals surface area contributed by atoms with E-state index < -0.39 is 0 Å². The summed E-state index contributed by atoms with van der Waals surface area (Å²) in [6.07, 6.45) is 2.75. The molecule has 0 aliphatic carbocycles. The van der Waals surface area contributed by atoms with Gasteiger partial charge >= 0.3 is 0 Å². The monoisotopic (exact) mass is 262 g/mol. The number of nitrogens with zero attached hydrogens (tertiary/aromatic N) is 2. The Morgan fingerprint density at radius 2 is 1.87 bits per heavy atom. The van der Waals surface area contributed by atoms with Crippen molar-refractivity contribution in [2.45, 2.75) is 13.3 Å². The second-order valence-corrected chi connectivity index (χ2v) is 4.15. The van der Waals surface area contributed by atoms with Gasteiger partial charge in [0.15, 0.2) is 5.82 Å². The van der Waals surface area contributed by atoms with Crippen LogP contribution in [0, 0.1) is 0 Å². The van der Waals surface area contributed by atoms with Crippen molar-refractivity contribution in [1.29, 1.82) is 0 Å². The minimum absolute atomic E-state index is 0.793. The van der Waals surface area contributed by atoms with E-state index in [1.807, 2.05) is 36.5 Å². The molecule has 3 heteroatoms. The van der Waals surface area contributed by atoms with Gasteiger partial charge in [0.05, 0.1) is 0 Å². The van der Waals surface area contributed by atoms with Gasteiger partial charge < -0.3 is 0 Å². The minimum atomic E-state index is 0.793. The Kier molecular flexibility index (Phi) is 3.11. The molecule has 0 aliphatic heterocycles. The van der Waals surface area contributed by atoms with E-state index in [1.165, 1.54) is 0 Å². The standard InChI is InChI=1S/C12H11BrN2/c1-2-11-7-8-14-12(15-11)9-3-5-10(13)6-4-9/h3-8H,2H2,1H3. The Morgan fingerprint density at radius 3 is 2.53 bits per heavy atom. The van der Waals surface area contributed by atoms with Crippen molar-refractivity contribution in [1.82, 2.24) is 9.97 Å². The van der Waals surface area contributed by atoms with Crippen molar-refractivity contribution in [3.63, 3.8) is 0 Å². The van der Waals surface area contributed by atoms with E-state index in [0.29, 0.717) is 0 Å². The number of halogens is 1. The predicted molar refractivity (Wildman–Crippen MR) is 64.5 cm³/mol. The average Bonchev–Trinajstić information content (AvgIpc) is 2.30. The first-order chi connectivity index (χ1) is 7.29. The van der Waals surface area contributed by atoms with E-state index in [0.717, 1.165) is 28.0 Å². The van der Waals surface area contributed by atoms with Gasteiger partial charge in [-0.15, -0.1) is 0 Å². The molecule has 1 aromatic heterocycles. The summed E-state index contributed by atoms with van der Waals surface area (Å²) in [5, 5.41) is 0. The van der Waals surface area contributed by atoms with Crippen LogP contribution in [0.4, 0.5) is 0 Å². The Morgan fingerprint density at radius 1 is 1.13 bits per heavy atom. The van der Waals surface area contributed by atoms with Gasteiger partial charge in [-0.3, -0.25) is 0 Å². The average molecular weight is 263 g/mol. The first-order valence-electron chi connectivity index (χ1n) is 4.87. The second-order valence-electron chi connectivity index (χ2n) is 3.23. The summed E-state index contributed by atoms with van der Waals surface area (Å²) in [6.45, 7) is 2.09. The minimum Gasteiger partial charge on any atom is -0.237 e. The van der Waals surface area contributed by atoms with Crippen molar-refractivity contribution in [3.05, 3.63) is 46.7 Å². The molecule has 15 heavy (non-hydrogen) atoms. The van der Waals surface area contributed by atoms with Gasteiger partial charge in [0.2, 0.25) is 0 Å². The normalized spacial score (nSPS) is 10.3. The zero-order chi connectivity index (χ0) is 10.7. The van der Waals surface area contributed by atoms with Crippen LogP contribution < -0.4 is 0 Å². The molecule has 0 bridgehead atoms. The van der Waals surface area contributed by atoms with Gasteiger partial charge in [-0.05, 0) is 24.6 Å². The molecule has 1 heterocycles. The van der Waals surface area contributed by atoms with Gasteiger partial charge in [-0.25, -0.2) is 9.97 Å². The maximum atomic E-state index is 4.46. The van der Waals surface area contributed by atoms with Gasteiger partial charge in [0.25, 0.3) is 0 Å². The first-order valence-corrected chi connectivity index (χ1v) is 5.67. The zero-order valence-corrected chi connectivity index (χ0v) is 10.0. The molecule has 2 nitrogen and oxygen atoms in total. The Balaban J connectivity index is 2.40. The maximum Gasteiger partial charge on any atom is 0.159 e. The number of hydrogen-bond acceptors (Lipinski definition) is 2. The van der Waals surface area contributed by atoms with E-state index in [9.17, 15) is 0 Å². The van der Waals surface area contributed by atoms with E-state index in [1.54, 1.807) is 0 Å². The predicted octanol–water partition coefficient (Wildman–Crippen LogP) is 3.47. The molecular formula is C12H11BrN2. The molecule has 1 aromatic carbocycles. The molecule has 0 fully saturated rings. The molecule has 2 aromatic rings. The lowest BCUT2D eigenvalue weighted by Crippen LogP contribution is -1.92. The topological polar surface area (TPSA) is 25.8 Å². The molecule has 0 aliphatic rings. The fraction of sp³-hybridized carbons (Fsp3) is 0.167. The lowest BCUT2D eigenvalue weighted by molar-refractivity contribution is 1.00. The van der Waals surface area contributed by atoms with Crippen LogP contribution in [-0.4, -0.2) is 9.97 Å². The third-order valence-electron chi connectivity index (χ3n) is 2.18. The molecule has 76 valence electrons.